The van der Waals surface area contributed by atoms with Crippen molar-refractivity contribution in [1.82, 2.24) is 15.3 Å². The lowest BCUT2D eigenvalue weighted by molar-refractivity contribution is 0.0946. The lowest BCUT2D eigenvalue weighted by Crippen LogP contribution is -2.26. The van der Waals surface area contributed by atoms with Crippen molar-refractivity contribution in [3.05, 3.63) is 41.2 Å². The van der Waals surface area contributed by atoms with E-state index < -0.39 is 0 Å². The first kappa shape index (κ1) is 17.0. The highest BCUT2D eigenvalue weighted by molar-refractivity contribution is 5.93. The number of methoxy groups -OCH3 is 2. The Morgan fingerprint density at radius 3 is 2.60 bits per heavy atom. The van der Waals surface area contributed by atoms with Gasteiger partial charge in [0.2, 0.25) is 5.95 Å². The van der Waals surface area contributed by atoms with Gasteiger partial charge in [-0.2, -0.15) is 0 Å². The third kappa shape index (κ3) is 4.37. The standard InChI is InChI=1S/C18H22N4O3/c1-11-8-14(17(23)21-13-5-6-13)22-18(20-11)19-10-12-4-7-15(24-2)16(9-12)25-3/h4,7-9,13H,5-6,10H2,1-3H3,(H,21,23)(H,19,20,22). The molecule has 0 atom stereocenters. The number of amides is 1. The molecule has 2 N–H and O–H groups in total. The van der Waals surface area contributed by atoms with Gasteiger partial charge >= 0.3 is 0 Å². The van der Waals surface area contributed by atoms with Crippen LogP contribution in [0.3, 0.4) is 0 Å². The molecule has 0 unspecified atom stereocenters. The molecule has 0 aliphatic heterocycles. The average molecular weight is 342 g/mol. The number of carbonyl (C=O) groups is 1. The SMILES string of the molecule is COc1ccc(CNc2nc(C)cc(C(=O)NC3CC3)n2)cc1OC. The Balaban J connectivity index is 1.70. The fourth-order valence-electron chi connectivity index (χ4n) is 2.42. The van der Waals surface area contributed by atoms with Crippen molar-refractivity contribution in [1.29, 1.82) is 0 Å². The van der Waals surface area contributed by atoms with E-state index in [0.717, 1.165) is 24.1 Å². The van der Waals surface area contributed by atoms with E-state index in [9.17, 15) is 4.79 Å². The molecule has 1 aliphatic rings. The van der Waals surface area contributed by atoms with Crippen LogP contribution in [0.15, 0.2) is 24.3 Å². The van der Waals surface area contributed by atoms with Crippen molar-refractivity contribution in [3.63, 3.8) is 0 Å². The zero-order valence-corrected chi connectivity index (χ0v) is 14.6. The minimum Gasteiger partial charge on any atom is -0.493 e. The molecule has 0 bridgehead atoms. The third-order valence-electron chi connectivity index (χ3n) is 3.90. The number of benzene rings is 1. The molecule has 3 rings (SSSR count). The second-order valence-electron chi connectivity index (χ2n) is 6.01. The monoisotopic (exact) mass is 342 g/mol. The molecule has 0 radical (unpaired) electrons. The number of nitrogens with one attached hydrogen (secondary N) is 2. The van der Waals surface area contributed by atoms with Gasteiger partial charge in [-0.25, -0.2) is 9.97 Å². The summed E-state index contributed by atoms with van der Waals surface area (Å²) in [6, 6.07) is 7.67. The number of ether oxygens (including phenoxy) is 2. The number of hydrogen-bond acceptors (Lipinski definition) is 6. The molecule has 132 valence electrons. The zero-order chi connectivity index (χ0) is 17.8. The first-order valence-corrected chi connectivity index (χ1v) is 8.20. The van der Waals surface area contributed by atoms with Crippen LogP contribution < -0.4 is 20.1 Å². The van der Waals surface area contributed by atoms with Crippen LogP contribution in [0.25, 0.3) is 0 Å². The Labute approximate surface area is 146 Å². The number of aromatic nitrogens is 2. The van der Waals surface area contributed by atoms with E-state index in [1.165, 1.54) is 0 Å². The molecule has 7 heteroatoms. The van der Waals surface area contributed by atoms with Crippen LogP contribution in [0.1, 0.15) is 34.6 Å². The second-order valence-corrected chi connectivity index (χ2v) is 6.01. The number of nitrogens with zero attached hydrogens (tertiary/aromatic N) is 2. The van der Waals surface area contributed by atoms with Gasteiger partial charge in [-0.3, -0.25) is 4.79 Å². The van der Waals surface area contributed by atoms with Crippen LogP contribution in [0.5, 0.6) is 11.5 Å². The summed E-state index contributed by atoms with van der Waals surface area (Å²) in [7, 11) is 3.20. The highest BCUT2D eigenvalue weighted by Crippen LogP contribution is 2.27. The van der Waals surface area contributed by atoms with Crippen LogP contribution in [0.4, 0.5) is 5.95 Å². The predicted octanol–water partition coefficient (Wildman–Crippen LogP) is 2.31. The smallest absolute Gasteiger partial charge is 0.270 e. The highest BCUT2D eigenvalue weighted by atomic mass is 16.5. The molecule has 7 nitrogen and oxygen atoms in total. The Morgan fingerprint density at radius 1 is 1.16 bits per heavy atom. The van der Waals surface area contributed by atoms with E-state index in [1.54, 1.807) is 20.3 Å². The lowest BCUT2D eigenvalue weighted by atomic mass is 10.2. The Kier molecular flexibility index (Phi) is 5.02. The first-order valence-electron chi connectivity index (χ1n) is 8.20. The molecule has 1 aromatic carbocycles. The van der Waals surface area contributed by atoms with Crippen molar-refractivity contribution in [3.8, 4) is 11.5 Å². The molecule has 1 heterocycles. The topological polar surface area (TPSA) is 85.4 Å². The lowest BCUT2D eigenvalue weighted by Gasteiger charge is -2.11. The van der Waals surface area contributed by atoms with Crippen molar-refractivity contribution in [2.24, 2.45) is 0 Å². The maximum Gasteiger partial charge on any atom is 0.270 e. The summed E-state index contributed by atoms with van der Waals surface area (Å²) in [5.74, 6) is 1.62. The maximum absolute atomic E-state index is 12.2. The quantitative estimate of drug-likeness (QED) is 0.803. The van der Waals surface area contributed by atoms with Gasteiger partial charge in [0.25, 0.3) is 5.91 Å². The first-order chi connectivity index (χ1) is 12.1. The average Bonchev–Trinajstić information content (AvgIpc) is 3.43. The van der Waals surface area contributed by atoms with Crippen LogP contribution in [-0.2, 0) is 6.54 Å². The molecule has 25 heavy (non-hydrogen) atoms. The van der Waals surface area contributed by atoms with Crippen molar-refractivity contribution in [2.45, 2.75) is 32.4 Å². The van der Waals surface area contributed by atoms with E-state index in [1.807, 2.05) is 25.1 Å². The van der Waals surface area contributed by atoms with Gasteiger partial charge in [0.05, 0.1) is 14.2 Å². The minimum atomic E-state index is -0.151. The van der Waals surface area contributed by atoms with Crippen LogP contribution >= 0.6 is 0 Å². The number of hydrogen-bond donors (Lipinski definition) is 2. The molecule has 1 amide bonds. The van der Waals surface area contributed by atoms with E-state index in [-0.39, 0.29) is 5.91 Å². The molecule has 2 aromatic rings. The molecule has 1 fully saturated rings. The van der Waals surface area contributed by atoms with E-state index >= 15 is 0 Å². The van der Waals surface area contributed by atoms with E-state index in [4.69, 9.17) is 9.47 Å². The van der Waals surface area contributed by atoms with Gasteiger partial charge < -0.3 is 20.1 Å². The fraction of sp³-hybridized carbons (Fsp3) is 0.389. The van der Waals surface area contributed by atoms with Crippen LogP contribution in [-0.4, -0.2) is 36.1 Å². The summed E-state index contributed by atoms with van der Waals surface area (Å²) in [4.78, 5) is 20.8. The Bertz CT molecular complexity index is 775. The number of carbonyl (C=O) groups excluding carboxylic acids is 1. The Morgan fingerprint density at radius 2 is 1.92 bits per heavy atom. The molecule has 1 saturated carbocycles. The second kappa shape index (κ2) is 7.38. The van der Waals surface area contributed by atoms with Crippen molar-refractivity contribution >= 4 is 11.9 Å². The van der Waals surface area contributed by atoms with Gasteiger partial charge in [-0.05, 0) is 43.5 Å². The zero-order valence-electron chi connectivity index (χ0n) is 14.6. The number of rotatable bonds is 7. The molecule has 0 spiro atoms. The summed E-state index contributed by atoms with van der Waals surface area (Å²) >= 11 is 0. The summed E-state index contributed by atoms with van der Waals surface area (Å²) in [5, 5.41) is 6.09. The van der Waals surface area contributed by atoms with Gasteiger partial charge in [-0.1, -0.05) is 6.07 Å². The Hall–Kier alpha value is -2.83. The third-order valence-corrected chi connectivity index (χ3v) is 3.90. The summed E-state index contributed by atoms with van der Waals surface area (Å²) in [6.07, 6.45) is 2.08. The van der Waals surface area contributed by atoms with E-state index in [2.05, 4.69) is 20.6 Å². The maximum atomic E-state index is 12.2. The largest absolute Gasteiger partial charge is 0.493 e. The number of aryl methyl sites for hydroxylation is 1. The van der Waals surface area contributed by atoms with E-state index in [0.29, 0.717) is 35.7 Å². The van der Waals surface area contributed by atoms with Crippen molar-refractivity contribution in [2.75, 3.05) is 19.5 Å². The normalized spacial score (nSPS) is 13.2. The van der Waals surface area contributed by atoms with Crippen LogP contribution in [0.2, 0.25) is 0 Å². The van der Waals surface area contributed by atoms with Crippen LogP contribution in [0, 0.1) is 6.92 Å². The summed E-state index contributed by atoms with van der Waals surface area (Å²) in [6.45, 7) is 2.35. The molecular weight excluding hydrogens is 320 g/mol. The van der Waals surface area contributed by atoms with Gasteiger partial charge in [0, 0.05) is 18.3 Å². The fourth-order valence-corrected chi connectivity index (χ4v) is 2.42. The van der Waals surface area contributed by atoms with Gasteiger partial charge in [0.1, 0.15) is 5.69 Å². The van der Waals surface area contributed by atoms with Crippen molar-refractivity contribution < 1.29 is 14.3 Å². The highest BCUT2D eigenvalue weighted by Gasteiger charge is 2.24. The molecular formula is C18H22N4O3. The predicted molar refractivity (Wildman–Crippen MR) is 94.1 cm³/mol. The summed E-state index contributed by atoms with van der Waals surface area (Å²) in [5.41, 5.74) is 2.12. The number of anilines is 1. The minimum absolute atomic E-state index is 0.151. The summed E-state index contributed by atoms with van der Waals surface area (Å²) < 4.78 is 10.5. The van der Waals surface area contributed by atoms with Gasteiger partial charge in [0.15, 0.2) is 11.5 Å². The molecule has 0 saturated heterocycles. The molecule has 1 aromatic heterocycles. The molecule has 1 aliphatic carbocycles. The van der Waals surface area contributed by atoms with Gasteiger partial charge in [-0.15, -0.1) is 0 Å².